The zero-order chi connectivity index (χ0) is 12.9. The molecule has 6 heteroatoms. The Morgan fingerprint density at radius 2 is 1.89 bits per heavy atom. The molecule has 0 spiro atoms. The Morgan fingerprint density at radius 3 is 2.74 bits per heavy atom. The third-order valence-corrected chi connectivity index (χ3v) is 11.2. The molecule has 0 saturated heterocycles. The Morgan fingerprint density at radius 1 is 1.05 bits per heavy atom. The molecule has 0 N–H and O–H groups in total. The Kier molecular flexibility index (Phi) is 5.70. The van der Waals surface area contributed by atoms with Crippen molar-refractivity contribution in [2.45, 2.75) is 41.7 Å². The van der Waals surface area contributed by atoms with Gasteiger partial charge in [-0.1, -0.05) is 42.2 Å². The Balaban J connectivity index is 1.44. The second-order valence-electron chi connectivity index (χ2n) is 4.52. The third-order valence-electron chi connectivity index (χ3n) is 3.13. The van der Waals surface area contributed by atoms with E-state index >= 15 is 0 Å². The van der Waals surface area contributed by atoms with E-state index in [1.807, 2.05) is 19.7 Å². The average Bonchev–Trinajstić information content (AvgIpc) is 2.87. The molecule has 1 aromatic heterocycles. The molecule has 1 heterocycles. The van der Waals surface area contributed by atoms with E-state index in [1.165, 1.54) is 41.1 Å². The highest BCUT2D eigenvalue weighted by molar-refractivity contribution is 9.26. The van der Waals surface area contributed by atoms with Crippen molar-refractivity contribution in [1.29, 1.82) is 0 Å². The van der Waals surface area contributed by atoms with Gasteiger partial charge < -0.3 is 0 Å². The van der Waals surface area contributed by atoms with E-state index in [9.17, 15) is 0 Å². The molecule has 1 saturated carbocycles. The number of rotatable bonds is 5. The summed E-state index contributed by atoms with van der Waals surface area (Å²) in [6.07, 6.45) is 7.10. The van der Waals surface area contributed by atoms with Crippen LogP contribution in [0.4, 0.5) is 0 Å². The lowest BCUT2D eigenvalue weighted by molar-refractivity contribution is 0.517. The van der Waals surface area contributed by atoms with E-state index in [2.05, 4.69) is 40.0 Å². The summed E-state index contributed by atoms with van der Waals surface area (Å²) >= 11 is 1.79. The van der Waals surface area contributed by atoms with Crippen molar-refractivity contribution in [3.05, 3.63) is 24.3 Å². The molecule has 1 aliphatic rings. The summed E-state index contributed by atoms with van der Waals surface area (Å²) in [6.45, 7) is 0. The highest BCUT2D eigenvalue weighted by atomic mass is 33.7. The fourth-order valence-corrected chi connectivity index (χ4v) is 10.3. The first-order valence-electron chi connectivity index (χ1n) is 6.44. The Labute approximate surface area is 133 Å². The van der Waals surface area contributed by atoms with Crippen molar-refractivity contribution in [1.82, 2.24) is 4.98 Å². The third kappa shape index (κ3) is 4.24. The molecule has 19 heavy (non-hydrogen) atoms. The fraction of sp³-hybridized carbons (Fsp3) is 0.462. The number of hydrogen-bond acceptors (Lipinski definition) is 6. The standard InChI is InChI=1S/C13H15NS5/c1-2-6-10(7-3-1)16-18-19-17-13-14-11-8-4-5-9-12(11)15-13/h4-5,8-10H,1-3,6-7H2. The molecule has 0 aliphatic heterocycles. The summed E-state index contributed by atoms with van der Waals surface area (Å²) < 4.78 is 2.46. The summed E-state index contributed by atoms with van der Waals surface area (Å²) in [5.74, 6) is 0. The van der Waals surface area contributed by atoms with Crippen molar-refractivity contribution < 1.29 is 0 Å². The predicted molar refractivity (Wildman–Crippen MR) is 95.1 cm³/mol. The van der Waals surface area contributed by atoms with Gasteiger partial charge in [0.25, 0.3) is 0 Å². The van der Waals surface area contributed by atoms with Gasteiger partial charge in [0.1, 0.15) is 0 Å². The van der Waals surface area contributed by atoms with Crippen LogP contribution in [0.2, 0.25) is 0 Å². The fourth-order valence-electron chi connectivity index (χ4n) is 2.16. The number of fused-ring (bicyclic) bond motifs is 1. The summed E-state index contributed by atoms with van der Waals surface area (Å²) in [4.78, 5) is 4.64. The maximum Gasteiger partial charge on any atom is 0.162 e. The van der Waals surface area contributed by atoms with Gasteiger partial charge in [-0.05, 0) is 55.4 Å². The lowest BCUT2D eigenvalue weighted by atomic mass is 10.0. The van der Waals surface area contributed by atoms with Crippen LogP contribution < -0.4 is 0 Å². The van der Waals surface area contributed by atoms with Gasteiger partial charge in [0.2, 0.25) is 0 Å². The van der Waals surface area contributed by atoms with Crippen LogP contribution >= 0.6 is 52.6 Å². The van der Waals surface area contributed by atoms with Crippen molar-refractivity contribution in [2.24, 2.45) is 0 Å². The van der Waals surface area contributed by atoms with Gasteiger partial charge in [0.15, 0.2) is 4.34 Å². The maximum absolute atomic E-state index is 4.64. The number of para-hydroxylation sites is 1. The Bertz CT molecular complexity index is 487. The molecule has 0 radical (unpaired) electrons. The van der Waals surface area contributed by atoms with Crippen LogP contribution in [0.25, 0.3) is 10.2 Å². The first-order chi connectivity index (χ1) is 9.42. The zero-order valence-corrected chi connectivity index (χ0v) is 14.5. The molecule has 1 aliphatic carbocycles. The largest absolute Gasteiger partial charge is 0.229 e. The van der Waals surface area contributed by atoms with E-state index in [-0.39, 0.29) is 0 Å². The molecular formula is C13H15NS5. The molecule has 1 fully saturated rings. The van der Waals surface area contributed by atoms with Gasteiger partial charge in [-0.15, -0.1) is 11.3 Å². The Hall–Kier alpha value is 0.510. The second kappa shape index (κ2) is 7.50. The number of hydrogen-bond donors (Lipinski definition) is 0. The zero-order valence-electron chi connectivity index (χ0n) is 10.4. The van der Waals surface area contributed by atoms with E-state index in [0.29, 0.717) is 0 Å². The molecule has 1 aromatic carbocycles. The molecule has 102 valence electrons. The number of benzene rings is 1. The normalized spacial score (nSPS) is 17.1. The summed E-state index contributed by atoms with van der Waals surface area (Å²) in [6, 6.07) is 8.36. The van der Waals surface area contributed by atoms with Crippen molar-refractivity contribution >= 4 is 62.8 Å². The van der Waals surface area contributed by atoms with E-state index in [4.69, 9.17) is 0 Å². The molecule has 0 amide bonds. The van der Waals surface area contributed by atoms with Gasteiger partial charge >= 0.3 is 0 Å². The minimum atomic E-state index is 0.877. The van der Waals surface area contributed by atoms with Gasteiger partial charge in [-0.3, -0.25) is 0 Å². The van der Waals surface area contributed by atoms with E-state index in [1.54, 1.807) is 22.1 Å². The highest BCUT2D eigenvalue weighted by Gasteiger charge is 2.14. The lowest BCUT2D eigenvalue weighted by Gasteiger charge is -2.19. The van der Waals surface area contributed by atoms with Crippen LogP contribution in [-0.2, 0) is 0 Å². The van der Waals surface area contributed by atoms with Crippen LogP contribution in [0.3, 0.4) is 0 Å². The van der Waals surface area contributed by atoms with E-state index in [0.717, 1.165) is 10.8 Å². The van der Waals surface area contributed by atoms with Crippen LogP contribution in [0.1, 0.15) is 32.1 Å². The number of thiazole rings is 1. The van der Waals surface area contributed by atoms with Gasteiger partial charge in [0.05, 0.1) is 10.2 Å². The van der Waals surface area contributed by atoms with Crippen molar-refractivity contribution in [3.8, 4) is 0 Å². The number of nitrogens with zero attached hydrogens (tertiary/aromatic N) is 1. The first-order valence-corrected chi connectivity index (χ1v) is 12.1. The highest BCUT2D eigenvalue weighted by Crippen LogP contribution is 2.51. The molecule has 2 aromatic rings. The SMILES string of the molecule is c1ccc2sc(SSSSC3CCCCC3)nc2c1. The maximum atomic E-state index is 4.64. The molecule has 0 atom stereocenters. The monoisotopic (exact) mass is 345 g/mol. The topological polar surface area (TPSA) is 12.9 Å². The van der Waals surface area contributed by atoms with Crippen LogP contribution in [0.5, 0.6) is 0 Å². The molecule has 1 nitrogen and oxygen atoms in total. The van der Waals surface area contributed by atoms with Gasteiger partial charge in [-0.25, -0.2) is 4.98 Å². The first kappa shape index (κ1) is 14.4. The molecule has 0 bridgehead atoms. The molecule has 3 rings (SSSR count). The van der Waals surface area contributed by atoms with Crippen LogP contribution in [0.15, 0.2) is 28.6 Å². The van der Waals surface area contributed by atoms with Crippen molar-refractivity contribution in [2.75, 3.05) is 0 Å². The van der Waals surface area contributed by atoms with Gasteiger partial charge in [0, 0.05) is 5.25 Å². The quantitative estimate of drug-likeness (QED) is 0.442. The van der Waals surface area contributed by atoms with Crippen LogP contribution in [-0.4, -0.2) is 10.2 Å². The summed E-state index contributed by atoms with van der Waals surface area (Å²) in [5, 5.41) is 0.877. The minimum absolute atomic E-state index is 0.877. The lowest BCUT2D eigenvalue weighted by Crippen LogP contribution is -2.05. The summed E-state index contributed by atoms with van der Waals surface area (Å²) in [5.41, 5.74) is 1.13. The van der Waals surface area contributed by atoms with Crippen LogP contribution in [0, 0.1) is 0 Å². The minimum Gasteiger partial charge on any atom is -0.229 e. The smallest absolute Gasteiger partial charge is 0.162 e. The van der Waals surface area contributed by atoms with Gasteiger partial charge in [-0.2, -0.15) is 0 Å². The van der Waals surface area contributed by atoms with Crippen molar-refractivity contribution in [3.63, 3.8) is 0 Å². The number of aromatic nitrogens is 1. The summed E-state index contributed by atoms with van der Waals surface area (Å²) in [7, 11) is 7.65. The van der Waals surface area contributed by atoms with E-state index < -0.39 is 0 Å². The molecular weight excluding hydrogens is 330 g/mol. The second-order valence-corrected chi connectivity index (χ2v) is 11.8. The average molecular weight is 346 g/mol. The predicted octanol–water partition coefficient (Wildman–Crippen LogP) is 6.67. The molecule has 0 unspecified atom stereocenters.